The topological polar surface area (TPSA) is 18.5 Å². The summed E-state index contributed by atoms with van der Waals surface area (Å²) in [6.45, 7) is 0. The lowest BCUT2D eigenvalue weighted by Crippen LogP contribution is -2.03. The lowest BCUT2D eigenvalue weighted by atomic mass is 9.95. The molecule has 0 amide bonds. The fourth-order valence-electron chi connectivity index (χ4n) is 1.79. The normalized spacial score (nSPS) is 32.5. The van der Waals surface area contributed by atoms with E-state index in [1.54, 1.807) is 0 Å². The van der Waals surface area contributed by atoms with Crippen LogP contribution in [0.4, 0.5) is 0 Å². The van der Waals surface area contributed by atoms with E-state index in [9.17, 15) is 0 Å². The van der Waals surface area contributed by atoms with Gasteiger partial charge in [-0.15, -0.1) is 0 Å². The van der Waals surface area contributed by atoms with E-state index in [0.29, 0.717) is 0 Å². The van der Waals surface area contributed by atoms with Crippen LogP contribution in [-0.4, -0.2) is 14.2 Å². The van der Waals surface area contributed by atoms with Gasteiger partial charge >= 0.3 is 0 Å². The molecule has 20 heavy (non-hydrogen) atoms. The first kappa shape index (κ1) is 5.10. The van der Waals surface area contributed by atoms with Crippen LogP contribution < -0.4 is 9.47 Å². The summed E-state index contributed by atoms with van der Waals surface area (Å²) in [7, 11) is 2.31. The highest BCUT2D eigenvalue weighted by Crippen LogP contribution is 2.31. The average Bonchev–Trinajstić information content (AvgIpc) is 2.70. The summed E-state index contributed by atoms with van der Waals surface area (Å²) in [4.78, 5) is 0. The molecule has 0 N–H and O–H groups in total. The number of methoxy groups -OCH3 is 2. The highest BCUT2D eigenvalue weighted by molar-refractivity contribution is 5.47. The van der Waals surface area contributed by atoms with E-state index in [2.05, 4.69) is 0 Å². The Morgan fingerprint density at radius 2 is 1.20 bits per heavy atom. The van der Waals surface area contributed by atoms with Crippen molar-refractivity contribution in [3.63, 3.8) is 0 Å². The minimum absolute atomic E-state index is 0.292. The highest BCUT2D eigenvalue weighted by Gasteiger charge is 2.13. The maximum absolute atomic E-state index is 8.58. The number of benzene rings is 2. The van der Waals surface area contributed by atoms with Gasteiger partial charge in [-0.05, 0) is 59.9 Å². The minimum atomic E-state index is -3.13. The van der Waals surface area contributed by atoms with Crippen molar-refractivity contribution in [1.29, 1.82) is 0 Å². The molecular formula is C18H20O2. The first-order valence-corrected chi connectivity index (χ1v) is 5.88. The van der Waals surface area contributed by atoms with Crippen LogP contribution in [0, 0.1) is 0 Å². The summed E-state index contributed by atoms with van der Waals surface area (Å²) in [6, 6.07) is -1.95. The van der Waals surface area contributed by atoms with E-state index in [1.807, 2.05) is 0 Å². The van der Waals surface area contributed by atoms with Crippen molar-refractivity contribution in [2.75, 3.05) is 14.2 Å². The molecule has 4 bridgehead atoms. The monoisotopic (exact) mass is 280 g/mol. The third-order valence-electron chi connectivity index (χ3n) is 2.79. The molecule has 4 aliphatic carbocycles. The summed E-state index contributed by atoms with van der Waals surface area (Å²) < 4.78 is 112. The third kappa shape index (κ3) is 2.51. The molecule has 104 valence electrons. The van der Waals surface area contributed by atoms with Gasteiger partial charge in [-0.2, -0.15) is 0 Å². The Bertz CT molecular complexity index is 994. The predicted molar refractivity (Wildman–Crippen MR) is 80.8 cm³/mol. The van der Waals surface area contributed by atoms with E-state index in [4.69, 9.17) is 25.9 Å². The van der Waals surface area contributed by atoms with E-state index in [-0.39, 0.29) is 11.5 Å². The second kappa shape index (κ2) is 5.58. The summed E-state index contributed by atoms with van der Waals surface area (Å²) in [5, 5.41) is 0. The van der Waals surface area contributed by atoms with Crippen LogP contribution in [0.15, 0.2) is 36.3 Å². The van der Waals surface area contributed by atoms with Gasteiger partial charge in [-0.3, -0.25) is 0 Å². The van der Waals surface area contributed by atoms with E-state index in [0.717, 1.165) is 26.4 Å². The molecule has 2 heteroatoms. The molecule has 4 aliphatic rings. The van der Waals surface area contributed by atoms with Crippen LogP contribution in [0.3, 0.4) is 0 Å². The van der Waals surface area contributed by atoms with Crippen molar-refractivity contribution in [2.45, 2.75) is 25.5 Å². The van der Waals surface area contributed by atoms with Gasteiger partial charge in [0.1, 0.15) is 11.5 Å². The van der Waals surface area contributed by atoms with Crippen molar-refractivity contribution < 1.29 is 25.9 Å². The number of rotatable bonds is 2. The van der Waals surface area contributed by atoms with Gasteiger partial charge in [0.25, 0.3) is 0 Å². The zero-order valence-electron chi connectivity index (χ0n) is 23.0. The van der Waals surface area contributed by atoms with Gasteiger partial charge in [-0.25, -0.2) is 0 Å². The molecule has 2 aromatic carbocycles. The molecule has 2 aromatic rings. The average molecular weight is 280 g/mol. The second-order valence-corrected chi connectivity index (χ2v) is 4.00. The summed E-state index contributed by atoms with van der Waals surface area (Å²) in [6.07, 6.45) is -12.2. The van der Waals surface area contributed by atoms with Crippen LogP contribution in [-0.2, 0) is 25.5 Å². The summed E-state index contributed by atoms with van der Waals surface area (Å²) >= 11 is 0. The van der Waals surface area contributed by atoms with Gasteiger partial charge in [0.15, 0.2) is 0 Å². The zero-order valence-corrected chi connectivity index (χ0v) is 11.0. The molecule has 0 atom stereocenters. The van der Waals surface area contributed by atoms with Crippen molar-refractivity contribution in [3.05, 3.63) is 58.6 Å². The molecule has 0 aliphatic heterocycles. The Morgan fingerprint density at radius 3 is 1.55 bits per heavy atom. The Morgan fingerprint density at radius 1 is 0.800 bits per heavy atom. The SMILES string of the molecule is [2H]c1c([2H])c2c([2H])c([2H])c1C([2H])([2H])C([2H])([2H])c1cc(OC)c(cc1OC)C([2H])([2H])C2([2H])[2H]. The van der Waals surface area contributed by atoms with Gasteiger partial charge in [0.05, 0.1) is 19.7 Å². The van der Waals surface area contributed by atoms with Gasteiger partial charge in [0.2, 0.25) is 0 Å². The molecule has 0 unspecified atom stereocenters. The Hall–Kier alpha value is -1.96. The predicted octanol–water partition coefficient (Wildman–Crippen LogP) is 3.59. The number of hydrogen-bond donors (Lipinski definition) is 0. The van der Waals surface area contributed by atoms with Crippen molar-refractivity contribution in [2.24, 2.45) is 0 Å². The molecule has 0 spiro atoms. The fourth-order valence-corrected chi connectivity index (χ4v) is 1.79. The Balaban J connectivity index is 2.68. The molecule has 0 fully saturated rings. The smallest absolute Gasteiger partial charge is 0.122 e. The highest BCUT2D eigenvalue weighted by atomic mass is 16.5. The zero-order chi connectivity index (χ0) is 24.6. The standard InChI is InChI=1S/C18H20O2/c1-19-17-11-16-10-8-14-5-3-13(4-6-14)7-9-15(17)12-18(16)20-2/h3-6,11-12H,7-10H2,1-2H3/i3D,4D,5D,6D,7D2,8D2,9D2,10D2. The number of hydrogen-bond acceptors (Lipinski definition) is 2. The first-order chi connectivity index (χ1) is 14.5. The molecule has 0 saturated carbocycles. The number of aryl methyl sites for hydroxylation is 2. The van der Waals surface area contributed by atoms with Crippen LogP contribution in [0.2, 0.25) is 0 Å². The number of ether oxygens (including phenoxy) is 2. The summed E-state index contributed by atoms with van der Waals surface area (Å²) in [5.41, 5.74) is -2.68. The van der Waals surface area contributed by atoms with Crippen molar-refractivity contribution in [1.82, 2.24) is 0 Å². The van der Waals surface area contributed by atoms with Crippen LogP contribution >= 0.6 is 0 Å². The fraction of sp³-hybridized carbons (Fsp3) is 0.333. The first-order valence-electron chi connectivity index (χ1n) is 11.9. The van der Waals surface area contributed by atoms with Crippen LogP contribution in [0.1, 0.15) is 38.7 Å². The summed E-state index contributed by atoms with van der Waals surface area (Å²) in [5.74, 6) is -0.584. The van der Waals surface area contributed by atoms with Crippen molar-refractivity contribution >= 4 is 0 Å². The van der Waals surface area contributed by atoms with Gasteiger partial charge in [-0.1, -0.05) is 24.2 Å². The Labute approximate surface area is 137 Å². The van der Waals surface area contributed by atoms with Crippen LogP contribution in [0.5, 0.6) is 11.5 Å². The molecule has 6 rings (SSSR count). The quantitative estimate of drug-likeness (QED) is 0.837. The molecule has 2 nitrogen and oxygen atoms in total. The van der Waals surface area contributed by atoms with E-state index >= 15 is 0 Å². The second-order valence-electron chi connectivity index (χ2n) is 4.00. The molecule has 0 heterocycles. The molecule has 0 aromatic heterocycles. The molecular weight excluding hydrogens is 248 g/mol. The maximum Gasteiger partial charge on any atom is 0.122 e. The lowest BCUT2D eigenvalue weighted by molar-refractivity contribution is 0.394. The van der Waals surface area contributed by atoms with E-state index < -0.39 is 71.9 Å². The van der Waals surface area contributed by atoms with Gasteiger partial charge in [0, 0.05) is 11.0 Å². The van der Waals surface area contributed by atoms with Gasteiger partial charge < -0.3 is 9.47 Å². The Kier molecular flexibility index (Phi) is 1.42. The third-order valence-corrected chi connectivity index (χ3v) is 2.79. The lowest BCUT2D eigenvalue weighted by Gasteiger charge is -2.16. The van der Waals surface area contributed by atoms with Crippen LogP contribution in [0.25, 0.3) is 0 Å². The van der Waals surface area contributed by atoms with Crippen molar-refractivity contribution in [3.8, 4) is 11.5 Å². The molecule has 0 radical (unpaired) electrons. The minimum Gasteiger partial charge on any atom is -0.496 e. The van der Waals surface area contributed by atoms with E-state index in [1.165, 1.54) is 0 Å². The maximum atomic E-state index is 8.58. The molecule has 0 saturated heterocycles. The largest absolute Gasteiger partial charge is 0.496 e.